The molecule has 2 atom stereocenters. The molecule has 4 rings (SSSR count). The zero-order valence-corrected chi connectivity index (χ0v) is 28.2. The van der Waals surface area contributed by atoms with Gasteiger partial charge in [-0.15, -0.1) is 0 Å². The number of rotatable bonds is 19. The van der Waals surface area contributed by atoms with E-state index >= 15 is 0 Å². The van der Waals surface area contributed by atoms with Crippen LogP contribution in [-0.4, -0.2) is 61.2 Å². The number of unbranched alkanes of at least 4 members (excludes halogenated alkanes) is 4. The molecule has 4 aromatic rings. The number of amides is 1. The molecule has 47 heavy (non-hydrogen) atoms. The van der Waals surface area contributed by atoms with Crippen LogP contribution in [0.1, 0.15) is 70.4 Å². The lowest BCUT2D eigenvalue weighted by molar-refractivity contribution is -0.183. The van der Waals surface area contributed by atoms with Gasteiger partial charge in [0.05, 0.1) is 13.2 Å². The number of aliphatic hydroxyl groups is 1. The number of ether oxygens (including phenoxy) is 3. The molecule has 0 saturated carbocycles. The fraction of sp³-hybridized carbons (Fsp3) is 0.450. The molecule has 0 saturated heterocycles. The summed E-state index contributed by atoms with van der Waals surface area (Å²) >= 11 is 0. The number of carbonyl (C=O) groups is 2. The van der Waals surface area contributed by atoms with Crippen molar-refractivity contribution < 1.29 is 28.9 Å². The summed E-state index contributed by atoms with van der Waals surface area (Å²) in [6, 6.07) is 29.8. The molecule has 0 bridgehead atoms. The van der Waals surface area contributed by atoms with Gasteiger partial charge in [0.2, 0.25) is 0 Å². The van der Waals surface area contributed by atoms with E-state index in [-0.39, 0.29) is 19.8 Å². The minimum Gasteiger partial charge on any atom is -0.458 e. The Kier molecular flexibility index (Phi) is 14.2. The molecule has 0 fully saturated rings. The van der Waals surface area contributed by atoms with Gasteiger partial charge in [-0.2, -0.15) is 0 Å². The second-order valence-electron chi connectivity index (χ2n) is 13.1. The maximum Gasteiger partial charge on any atom is 0.339 e. The lowest BCUT2D eigenvalue weighted by atomic mass is 10.0. The molecule has 252 valence electrons. The number of aliphatic hydroxyl groups excluding tert-OH is 1. The SMILES string of the molecule is CC(C)(C)OC(=O)[C@H](OCCCCCc1ccc2ccccc2c1)[C@@H](OCCO)C(=O)NCCCCCc1ccc2ccccc2c1. The number of aryl methyl sites for hydroxylation is 2. The van der Waals surface area contributed by atoms with E-state index < -0.39 is 29.7 Å². The summed E-state index contributed by atoms with van der Waals surface area (Å²) in [5.41, 5.74) is 1.83. The average Bonchev–Trinajstić information content (AvgIpc) is 3.06. The van der Waals surface area contributed by atoms with Crippen molar-refractivity contribution in [3.8, 4) is 0 Å². The van der Waals surface area contributed by atoms with Crippen LogP contribution in [0.2, 0.25) is 0 Å². The standard InChI is InChI=1S/C40H51NO6/c1-40(2,3)47-39(44)37(45-26-13-5-7-15-31-21-23-33-17-9-11-19-35(33)29-31)36(46-27-25-42)38(43)41-24-12-4-6-14-30-20-22-32-16-8-10-18-34(32)28-30/h8-11,16-23,28-29,36-37,42H,4-7,12-15,24-27H2,1-3H3,(H,41,43)/t36-,37-/m1/s1. The Balaban J connectivity index is 1.24. The molecule has 0 aromatic heterocycles. The fourth-order valence-electron chi connectivity index (χ4n) is 5.67. The van der Waals surface area contributed by atoms with Crippen LogP contribution < -0.4 is 5.32 Å². The maximum absolute atomic E-state index is 13.3. The van der Waals surface area contributed by atoms with Crippen LogP contribution in [0.4, 0.5) is 0 Å². The van der Waals surface area contributed by atoms with Crippen molar-refractivity contribution in [2.24, 2.45) is 0 Å². The van der Waals surface area contributed by atoms with Gasteiger partial charge in [0.1, 0.15) is 5.60 Å². The van der Waals surface area contributed by atoms with E-state index in [1.54, 1.807) is 20.8 Å². The van der Waals surface area contributed by atoms with Crippen LogP contribution in [0.3, 0.4) is 0 Å². The zero-order valence-electron chi connectivity index (χ0n) is 28.2. The Morgan fingerprint density at radius 3 is 1.74 bits per heavy atom. The zero-order chi connectivity index (χ0) is 33.5. The van der Waals surface area contributed by atoms with Crippen molar-refractivity contribution >= 4 is 33.4 Å². The van der Waals surface area contributed by atoms with Crippen molar-refractivity contribution in [2.45, 2.75) is 89.9 Å². The predicted molar refractivity (Wildman–Crippen MR) is 188 cm³/mol. The third kappa shape index (κ3) is 12.1. The molecule has 2 N–H and O–H groups in total. The number of nitrogens with one attached hydrogen (secondary N) is 1. The monoisotopic (exact) mass is 641 g/mol. The first-order valence-electron chi connectivity index (χ1n) is 17.0. The topological polar surface area (TPSA) is 94.1 Å². The highest BCUT2D eigenvalue weighted by Gasteiger charge is 2.38. The molecule has 0 aliphatic carbocycles. The molecule has 1 amide bonds. The van der Waals surface area contributed by atoms with Crippen molar-refractivity contribution in [3.63, 3.8) is 0 Å². The Morgan fingerprint density at radius 1 is 0.660 bits per heavy atom. The summed E-state index contributed by atoms with van der Waals surface area (Å²) < 4.78 is 17.3. The van der Waals surface area contributed by atoms with Crippen LogP contribution in [0.5, 0.6) is 0 Å². The van der Waals surface area contributed by atoms with Gasteiger partial charge in [0.25, 0.3) is 5.91 Å². The number of hydrogen-bond acceptors (Lipinski definition) is 6. The third-order valence-electron chi connectivity index (χ3n) is 8.04. The van der Waals surface area contributed by atoms with Gasteiger partial charge < -0.3 is 24.6 Å². The number of carbonyl (C=O) groups excluding carboxylic acids is 2. The van der Waals surface area contributed by atoms with Gasteiger partial charge in [-0.3, -0.25) is 4.79 Å². The van der Waals surface area contributed by atoms with E-state index in [1.807, 2.05) is 12.1 Å². The summed E-state index contributed by atoms with van der Waals surface area (Å²) in [5.74, 6) is -1.10. The van der Waals surface area contributed by atoms with Crippen LogP contribution in [0.25, 0.3) is 21.5 Å². The minimum atomic E-state index is -1.24. The first kappa shape index (κ1) is 36.1. The highest BCUT2D eigenvalue weighted by molar-refractivity contribution is 5.89. The lowest BCUT2D eigenvalue weighted by Crippen LogP contribution is -2.51. The molecule has 7 heteroatoms. The summed E-state index contributed by atoms with van der Waals surface area (Å²) in [4.78, 5) is 26.6. The second-order valence-corrected chi connectivity index (χ2v) is 13.1. The normalized spacial score (nSPS) is 13.0. The lowest BCUT2D eigenvalue weighted by Gasteiger charge is -2.28. The Labute approximate surface area is 279 Å². The van der Waals surface area contributed by atoms with Gasteiger partial charge in [0.15, 0.2) is 12.2 Å². The Morgan fingerprint density at radius 2 is 1.19 bits per heavy atom. The predicted octanol–water partition coefficient (Wildman–Crippen LogP) is 7.34. The second kappa shape index (κ2) is 18.5. The van der Waals surface area contributed by atoms with Crippen LogP contribution in [-0.2, 0) is 36.6 Å². The van der Waals surface area contributed by atoms with Crippen molar-refractivity contribution in [1.29, 1.82) is 0 Å². The highest BCUT2D eigenvalue weighted by atomic mass is 16.6. The largest absolute Gasteiger partial charge is 0.458 e. The van der Waals surface area contributed by atoms with Gasteiger partial charge in [-0.25, -0.2) is 4.79 Å². The van der Waals surface area contributed by atoms with E-state index in [0.717, 1.165) is 51.4 Å². The van der Waals surface area contributed by atoms with Crippen LogP contribution in [0, 0.1) is 0 Å². The minimum absolute atomic E-state index is 0.0989. The van der Waals surface area contributed by atoms with E-state index in [4.69, 9.17) is 14.2 Å². The first-order valence-corrected chi connectivity index (χ1v) is 17.0. The fourth-order valence-corrected chi connectivity index (χ4v) is 5.67. The van der Waals surface area contributed by atoms with Crippen molar-refractivity contribution in [2.75, 3.05) is 26.4 Å². The molecule has 0 radical (unpaired) electrons. The van der Waals surface area contributed by atoms with Crippen LogP contribution in [0.15, 0.2) is 84.9 Å². The highest BCUT2D eigenvalue weighted by Crippen LogP contribution is 2.20. The summed E-state index contributed by atoms with van der Waals surface area (Å²) in [6.07, 6.45) is 4.79. The van der Waals surface area contributed by atoms with Crippen molar-refractivity contribution in [1.82, 2.24) is 5.32 Å². The van der Waals surface area contributed by atoms with Gasteiger partial charge >= 0.3 is 5.97 Å². The molecule has 7 nitrogen and oxygen atoms in total. The smallest absolute Gasteiger partial charge is 0.339 e. The number of hydrogen-bond donors (Lipinski definition) is 2. The Hall–Kier alpha value is -3.78. The summed E-state index contributed by atoms with van der Waals surface area (Å²) in [7, 11) is 0. The van der Waals surface area contributed by atoms with E-state index in [0.29, 0.717) is 6.54 Å². The molecule has 0 aliphatic rings. The third-order valence-corrected chi connectivity index (χ3v) is 8.04. The number of benzene rings is 4. The Bertz CT molecular complexity index is 1560. The number of esters is 1. The maximum atomic E-state index is 13.3. The summed E-state index contributed by atoms with van der Waals surface area (Å²) in [6.45, 7) is 5.67. The molecular formula is C40H51NO6. The van der Waals surface area contributed by atoms with Gasteiger partial charge in [-0.05, 0) is 92.0 Å². The van der Waals surface area contributed by atoms with Crippen LogP contribution >= 0.6 is 0 Å². The number of fused-ring (bicyclic) bond motifs is 2. The van der Waals surface area contributed by atoms with Crippen molar-refractivity contribution in [3.05, 3.63) is 96.1 Å². The molecule has 0 unspecified atom stereocenters. The van der Waals surface area contributed by atoms with E-state index in [2.05, 4.69) is 78.1 Å². The van der Waals surface area contributed by atoms with Gasteiger partial charge in [-0.1, -0.05) is 97.8 Å². The molecular weight excluding hydrogens is 590 g/mol. The quantitative estimate of drug-likeness (QED) is 0.0822. The molecule has 0 spiro atoms. The first-order chi connectivity index (χ1) is 22.7. The molecule has 0 heterocycles. The van der Waals surface area contributed by atoms with E-state index in [9.17, 15) is 14.7 Å². The van der Waals surface area contributed by atoms with E-state index in [1.165, 1.54) is 32.7 Å². The van der Waals surface area contributed by atoms with Gasteiger partial charge in [0, 0.05) is 13.2 Å². The molecule has 4 aromatic carbocycles. The molecule has 0 aliphatic heterocycles. The summed E-state index contributed by atoms with van der Waals surface area (Å²) in [5, 5.41) is 17.3. The average molecular weight is 642 g/mol.